The lowest BCUT2D eigenvalue weighted by molar-refractivity contribution is 0.647. The lowest BCUT2D eigenvalue weighted by Crippen LogP contribution is -2.43. The molecule has 0 bridgehead atoms. The van der Waals surface area contributed by atoms with E-state index in [0.29, 0.717) is 4.99 Å². The highest BCUT2D eigenvalue weighted by Gasteiger charge is 2.28. The van der Waals surface area contributed by atoms with Gasteiger partial charge in [0, 0.05) is 39.3 Å². The highest BCUT2D eigenvalue weighted by atomic mass is 79.9. The maximum atomic E-state index is 5.82. The number of thiocarbonyl (C=S) groups is 1. The molecule has 0 amide bonds. The number of hydrogen-bond donors (Lipinski definition) is 1. The number of nitrogens with zero attached hydrogens (tertiary/aromatic N) is 1. The van der Waals surface area contributed by atoms with Crippen molar-refractivity contribution in [3.05, 3.63) is 28.2 Å². The van der Waals surface area contributed by atoms with Crippen LogP contribution in [-0.4, -0.2) is 28.6 Å². The monoisotopic (exact) mass is 344 g/mol. The van der Waals surface area contributed by atoms with E-state index in [1.54, 1.807) is 0 Å². The van der Waals surface area contributed by atoms with Gasteiger partial charge in [0.25, 0.3) is 0 Å². The molecule has 1 aliphatic heterocycles. The number of anilines is 1. The lowest BCUT2D eigenvalue weighted by Gasteiger charge is -2.39. The quantitative estimate of drug-likeness (QED) is 0.832. The highest BCUT2D eigenvalue weighted by molar-refractivity contribution is 9.10. The van der Waals surface area contributed by atoms with Crippen molar-refractivity contribution in [2.75, 3.05) is 23.7 Å². The van der Waals surface area contributed by atoms with E-state index >= 15 is 0 Å². The van der Waals surface area contributed by atoms with Gasteiger partial charge in [0.15, 0.2) is 0 Å². The van der Waals surface area contributed by atoms with Crippen molar-refractivity contribution in [3.8, 4) is 0 Å². The summed E-state index contributed by atoms with van der Waals surface area (Å²) in [5, 5.41) is 0. The van der Waals surface area contributed by atoms with Gasteiger partial charge < -0.3 is 10.6 Å². The first-order valence-corrected chi connectivity index (χ1v) is 8.06. The molecule has 5 heteroatoms. The number of nitrogens with two attached hydrogens (primary N) is 1. The van der Waals surface area contributed by atoms with E-state index in [1.165, 1.54) is 0 Å². The van der Waals surface area contributed by atoms with Crippen LogP contribution in [0.5, 0.6) is 0 Å². The van der Waals surface area contributed by atoms with Gasteiger partial charge in [-0.05, 0) is 32.0 Å². The summed E-state index contributed by atoms with van der Waals surface area (Å²) < 4.78 is 1.34. The maximum absolute atomic E-state index is 5.82. The van der Waals surface area contributed by atoms with Crippen molar-refractivity contribution < 1.29 is 0 Å². The first-order valence-electron chi connectivity index (χ1n) is 5.87. The van der Waals surface area contributed by atoms with Crippen molar-refractivity contribution >= 4 is 50.6 Å². The van der Waals surface area contributed by atoms with Crippen LogP contribution >= 0.6 is 39.9 Å². The van der Waals surface area contributed by atoms with Crippen LogP contribution in [0.1, 0.15) is 19.4 Å². The summed E-state index contributed by atoms with van der Waals surface area (Å²) in [6.07, 6.45) is 0. The summed E-state index contributed by atoms with van der Waals surface area (Å²) in [4.78, 5) is 2.85. The second kappa shape index (κ2) is 5.39. The third-order valence-corrected chi connectivity index (χ3v) is 5.00. The molecular weight excluding hydrogens is 328 g/mol. The summed E-state index contributed by atoms with van der Waals surface area (Å²) in [7, 11) is 0. The van der Waals surface area contributed by atoms with Crippen molar-refractivity contribution in [2.45, 2.75) is 18.6 Å². The predicted molar refractivity (Wildman–Crippen MR) is 88.8 cm³/mol. The minimum atomic E-state index is 0.272. The number of benzene rings is 1. The molecule has 0 radical (unpaired) electrons. The van der Waals surface area contributed by atoms with Gasteiger partial charge >= 0.3 is 0 Å². The standard InChI is InChI=1S/C13H17BrN2S2/c1-13(2)8-16(5-6-18-13)11-7-9(14)3-4-10(11)12(15)17/h3-4,7H,5-6,8H2,1-2H3,(H2,15,17). The molecule has 1 aromatic rings. The number of hydrogen-bond acceptors (Lipinski definition) is 3. The maximum Gasteiger partial charge on any atom is 0.106 e. The van der Waals surface area contributed by atoms with Gasteiger partial charge in [0.1, 0.15) is 4.99 Å². The molecule has 0 aromatic heterocycles. The van der Waals surface area contributed by atoms with Gasteiger partial charge in [-0.15, -0.1) is 0 Å². The molecule has 2 nitrogen and oxygen atoms in total. The first-order chi connectivity index (χ1) is 8.39. The molecule has 1 aliphatic rings. The van der Waals surface area contributed by atoms with Gasteiger partial charge in [-0.3, -0.25) is 0 Å². The highest BCUT2D eigenvalue weighted by Crippen LogP contribution is 2.34. The van der Waals surface area contributed by atoms with Gasteiger partial charge in [-0.1, -0.05) is 28.1 Å². The van der Waals surface area contributed by atoms with Crippen molar-refractivity contribution in [1.82, 2.24) is 0 Å². The molecule has 1 heterocycles. The molecule has 0 aliphatic carbocycles. The third-order valence-electron chi connectivity index (χ3n) is 2.99. The molecule has 2 N–H and O–H groups in total. The van der Waals surface area contributed by atoms with Crippen molar-refractivity contribution in [2.24, 2.45) is 5.73 Å². The molecule has 0 spiro atoms. The average molecular weight is 345 g/mol. The Hall–Kier alpha value is -0.260. The minimum absolute atomic E-state index is 0.272. The minimum Gasteiger partial charge on any atom is -0.389 e. The van der Waals surface area contributed by atoms with E-state index in [-0.39, 0.29) is 4.75 Å². The second-order valence-corrected chi connectivity index (χ2v) is 8.21. The van der Waals surface area contributed by atoms with Crippen LogP contribution in [0.25, 0.3) is 0 Å². The summed E-state index contributed by atoms with van der Waals surface area (Å²) in [6, 6.07) is 6.10. The Morgan fingerprint density at radius 3 is 2.83 bits per heavy atom. The van der Waals surface area contributed by atoms with Gasteiger partial charge in [-0.2, -0.15) is 11.8 Å². The Balaban J connectivity index is 2.37. The Labute approximate surface area is 126 Å². The summed E-state index contributed by atoms with van der Waals surface area (Å²) in [5.74, 6) is 1.14. The molecule has 0 unspecified atom stereocenters. The topological polar surface area (TPSA) is 29.3 Å². The SMILES string of the molecule is CC1(C)CN(c2cc(Br)ccc2C(N)=S)CCS1. The van der Waals surface area contributed by atoms with Crippen LogP contribution in [0, 0.1) is 0 Å². The van der Waals surface area contributed by atoms with E-state index in [1.807, 2.05) is 23.9 Å². The largest absolute Gasteiger partial charge is 0.389 e. The Morgan fingerprint density at radius 2 is 2.22 bits per heavy atom. The Bertz CT molecular complexity index is 474. The zero-order valence-electron chi connectivity index (χ0n) is 10.6. The fraction of sp³-hybridized carbons (Fsp3) is 0.462. The normalized spacial score (nSPS) is 18.7. The van der Waals surface area contributed by atoms with Crippen LogP contribution < -0.4 is 10.6 Å². The summed E-state index contributed by atoms with van der Waals surface area (Å²) in [6.45, 7) is 6.62. The van der Waals surface area contributed by atoms with Crippen LogP contribution in [0.4, 0.5) is 5.69 Å². The van der Waals surface area contributed by atoms with E-state index in [0.717, 1.165) is 34.6 Å². The molecule has 1 saturated heterocycles. The van der Waals surface area contributed by atoms with Crippen LogP contribution in [-0.2, 0) is 0 Å². The van der Waals surface area contributed by atoms with E-state index in [2.05, 4.69) is 40.7 Å². The van der Waals surface area contributed by atoms with E-state index in [9.17, 15) is 0 Å². The van der Waals surface area contributed by atoms with Crippen molar-refractivity contribution in [3.63, 3.8) is 0 Å². The Kier molecular flexibility index (Phi) is 4.24. The number of rotatable bonds is 2. The smallest absolute Gasteiger partial charge is 0.106 e. The fourth-order valence-electron chi connectivity index (χ4n) is 2.20. The first kappa shape index (κ1) is 14.2. The number of thioether (sulfide) groups is 1. The van der Waals surface area contributed by atoms with E-state index in [4.69, 9.17) is 18.0 Å². The van der Waals surface area contributed by atoms with Gasteiger partial charge in [0.2, 0.25) is 0 Å². The fourth-order valence-corrected chi connectivity index (χ4v) is 3.83. The molecule has 98 valence electrons. The average Bonchev–Trinajstić information content (AvgIpc) is 2.27. The zero-order valence-corrected chi connectivity index (χ0v) is 13.8. The lowest BCUT2D eigenvalue weighted by atomic mass is 10.1. The van der Waals surface area contributed by atoms with Crippen molar-refractivity contribution in [1.29, 1.82) is 0 Å². The predicted octanol–water partition coefficient (Wildman–Crippen LogP) is 3.42. The zero-order chi connectivity index (χ0) is 13.3. The molecule has 1 aromatic carbocycles. The van der Waals surface area contributed by atoms with Gasteiger partial charge in [-0.25, -0.2) is 0 Å². The van der Waals surface area contributed by atoms with Gasteiger partial charge in [0.05, 0.1) is 0 Å². The summed E-state index contributed by atoms with van der Waals surface area (Å²) in [5.41, 5.74) is 7.94. The van der Waals surface area contributed by atoms with Crippen LogP contribution in [0.3, 0.4) is 0 Å². The molecule has 0 saturated carbocycles. The molecule has 0 atom stereocenters. The molecule has 18 heavy (non-hydrogen) atoms. The van der Waals surface area contributed by atoms with E-state index < -0.39 is 0 Å². The molecule has 1 fully saturated rings. The molecule has 2 rings (SSSR count). The number of halogens is 1. The Morgan fingerprint density at radius 1 is 1.50 bits per heavy atom. The summed E-state index contributed by atoms with van der Waals surface area (Å²) >= 11 is 10.7. The van der Waals surface area contributed by atoms with Crippen LogP contribution in [0.2, 0.25) is 0 Å². The molecular formula is C13H17BrN2S2. The third kappa shape index (κ3) is 3.19. The van der Waals surface area contributed by atoms with Crippen LogP contribution in [0.15, 0.2) is 22.7 Å². The second-order valence-electron chi connectivity index (χ2n) is 5.06.